The molecule has 6 heteroatoms. The van der Waals surface area contributed by atoms with E-state index in [2.05, 4.69) is 130 Å². The average Bonchev–Trinajstić information content (AvgIpc) is 3.49. The maximum absolute atomic E-state index is 12.9. The van der Waals surface area contributed by atoms with Crippen LogP contribution in [0.5, 0.6) is 0 Å². The number of hydrogen-bond donors (Lipinski definition) is 0. The zero-order valence-electron chi connectivity index (χ0n) is 54.7. The molecular formula is C77H132O6. The molecule has 0 aliphatic carbocycles. The highest BCUT2D eigenvalue weighted by molar-refractivity contribution is 5.71. The molecule has 476 valence electrons. The van der Waals surface area contributed by atoms with E-state index in [1.165, 1.54) is 180 Å². The van der Waals surface area contributed by atoms with Crippen LogP contribution in [0.4, 0.5) is 0 Å². The summed E-state index contributed by atoms with van der Waals surface area (Å²) in [5, 5.41) is 0. The first kappa shape index (κ1) is 79.1. The van der Waals surface area contributed by atoms with Crippen molar-refractivity contribution in [3.05, 3.63) is 109 Å². The van der Waals surface area contributed by atoms with E-state index in [4.69, 9.17) is 14.2 Å². The van der Waals surface area contributed by atoms with Gasteiger partial charge < -0.3 is 14.2 Å². The van der Waals surface area contributed by atoms with Crippen LogP contribution in [0.2, 0.25) is 0 Å². The third-order valence-corrected chi connectivity index (χ3v) is 15.3. The van der Waals surface area contributed by atoms with E-state index in [9.17, 15) is 14.4 Å². The van der Waals surface area contributed by atoms with Crippen LogP contribution in [0.3, 0.4) is 0 Å². The molecule has 0 spiro atoms. The van der Waals surface area contributed by atoms with Crippen molar-refractivity contribution in [3.63, 3.8) is 0 Å². The van der Waals surface area contributed by atoms with Crippen molar-refractivity contribution < 1.29 is 28.6 Å². The Morgan fingerprint density at radius 2 is 0.470 bits per heavy atom. The number of unbranched alkanes of at least 4 members (excludes halogenated alkanes) is 35. The lowest BCUT2D eigenvalue weighted by molar-refractivity contribution is -0.167. The summed E-state index contributed by atoms with van der Waals surface area (Å²) in [6.45, 7) is 6.56. The van der Waals surface area contributed by atoms with E-state index in [0.717, 1.165) is 122 Å². The summed E-state index contributed by atoms with van der Waals surface area (Å²) >= 11 is 0. The Morgan fingerprint density at radius 3 is 0.735 bits per heavy atom. The third-order valence-electron chi connectivity index (χ3n) is 15.3. The first-order valence-electron chi connectivity index (χ1n) is 35.4. The van der Waals surface area contributed by atoms with Gasteiger partial charge in [0.15, 0.2) is 6.10 Å². The lowest BCUT2D eigenvalue weighted by Crippen LogP contribution is -2.30. The summed E-state index contributed by atoms with van der Waals surface area (Å²) < 4.78 is 17.0. The third kappa shape index (κ3) is 68.7. The fourth-order valence-electron chi connectivity index (χ4n) is 10.0. The Kier molecular flexibility index (Phi) is 67.2. The zero-order chi connectivity index (χ0) is 59.9. The van der Waals surface area contributed by atoms with Gasteiger partial charge >= 0.3 is 17.9 Å². The molecule has 0 aromatic heterocycles. The molecular weight excluding hydrogens is 1020 g/mol. The predicted molar refractivity (Wildman–Crippen MR) is 362 cm³/mol. The summed E-state index contributed by atoms with van der Waals surface area (Å²) in [5.74, 6) is -0.870. The van der Waals surface area contributed by atoms with Crippen LogP contribution in [0, 0.1) is 0 Å². The Hall–Kier alpha value is -3.93. The number of ether oxygens (including phenoxy) is 3. The number of allylic oxidation sites excluding steroid dienone is 18. The van der Waals surface area contributed by atoms with E-state index in [1.807, 2.05) is 0 Å². The normalized spacial score (nSPS) is 12.8. The van der Waals surface area contributed by atoms with E-state index in [-0.39, 0.29) is 31.1 Å². The topological polar surface area (TPSA) is 78.9 Å². The molecule has 0 saturated heterocycles. The molecule has 1 atom stereocenters. The van der Waals surface area contributed by atoms with E-state index in [1.54, 1.807) is 0 Å². The molecule has 0 rings (SSSR count). The number of carbonyl (C=O) groups excluding carboxylic acids is 3. The van der Waals surface area contributed by atoms with Gasteiger partial charge in [0, 0.05) is 19.3 Å². The Labute approximate surface area is 514 Å². The molecule has 0 bridgehead atoms. The standard InChI is InChI=1S/C77H132O6/c1-4-7-10-13-16-19-22-25-28-30-31-32-33-34-35-36-37-38-39-40-41-42-43-44-45-46-47-48-50-52-55-58-61-64-67-70-76(79)82-73-74(72-81-75(78)69-66-63-60-57-54-51-27-24-21-18-15-12-9-6-3)83-77(80)71-68-65-62-59-56-53-49-29-26-23-20-17-14-11-8-5-2/h7,10,16,19,25,28,31-32,34-35,37-38,40-41,43-44,46-47,74H,4-6,8-9,11-15,17-18,20-24,26-27,29-30,33,36,39,42,45,48-73H2,1-3H3/b10-7-,19-16-,28-25-,32-31-,35-34-,38-37-,41-40-,44-43-,47-46-. The Morgan fingerprint density at radius 1 is 0.253 bits per heavy atom. The second-order valence-corrected chi connectivity index (χ2v) is 23.4. The predicted octanol–water partition coefficient (Wildman–Crippen LogP) is 24.6. The number of rotatable bonds is 64. The molecule has 0 amide bonds. The van der Waals surface area contributed by atoms with Crippen LogP contribution in [0.15, 0.2) is 109 Å². The minimum Gasteiger partial charge on any atom is -0.462 e. The number of esters is 3. The maximum atomic E-state index is 12.9. The molecule has 0 radical (unpaired) electrons. The van der Waals surface area contributed by atoms with Crippen molar-refractivity contribution in [2.24, 2.45) is 0 Å². The molecule has 0 saturated carbocycles. The zero-order valence-corrected chi connectivity index (χ0v) is 54.7. The Balaban J connectivity index is 4.26. The summed E-state index contributed by atoms with van der Waals surface area (Å²) in [4.78, 5) is 38.4. The summed E-state index contributed by atoms with van der Waals surface area (Å²) in [5.41, 5.74) is 0. The fraction of sp³-hybridized carbons (Fsp3) is 0.727. The van der Waals surface area contributed by atoms with Gasteiger partial charge in [-0.15, -0.1) is 0 Å². The van der Waals surface area contributed by atoms with Crippen LogP contribution >= 0.6 is 0 Å². The first-order valence-corrected chi connectivity index (χ1v) is 35.4. The van der Waals surface area contributed by atoms with Crippen LogP contribution in [-0.2, 0) is 28.6 Å². The smallest absolute Gasteiger partial charge is 0.306 e. The Bertz CT molecular complexity index is 1660. The lowest BCUT2D eigenvalue weighted by Gasteiger charge is -2.18. The lowest BCUT2D eigenvalue weighted by atomic mass is 10.0. The SMILES string of the molecule is CC/C=C\C/C=C\C/C=C\C/C=C\C/C=C\C/C=C\C/C=C\C/C=C\C/C=C\CCCCCCCCCC(=O)OCC(COC(=O)CCCCCCCCCCCCCCCC)OC(=O)CCCCCCCCCCCCCCCCCC. The second-order valence-electron chi connectivity index (χ2n) is 23.4. The average molecular weight is 1150 g/mol. The molecule has 0 heterocycles. The largest absolute Gasteiger partial charge is 0.462 e. The molecule has 1 unspecified atom stereocenters. The van der Waals surface area contributed by atoms with Crippen LogP contribution in [0.1, 0.15) is 342 Å². The summed E-state index contributed by atoms with van der Waals surface area (Å²) in [7, 11) is 0. The fourth-order valence-corrected chi connectivity index (χ4v) is 10.0. The highest BCUT2D eigenvalue weighted by Gasteiger charge is 2.19. The van der Waals surface area contributed by atoms with Gasteiger partial charge in [-0.1, -0.05) is 342 Å². The van der Waals surface area contributed by atoms with Crippen LogP contribution in [-0.4, -0.2) is 37.2 Å². The first-order chi connectivity index (χ1) is 41.0. The van der Waals surface area contributed by atoms with Crippen molar-refractivity contribution in [3.8, 4) is 0 Å². The maximum Gasteiger partial charge on any atom is 0.306 e. The molecule has 0 aromatic rings. The van der Waals surface area contributed by atoms with Gasteiger partial charge in [-0.25, -0.2) is 0 Å². The van der Waals surface area contributed by atoms with Crippen LogP contribution < -0.4 is 0 Å². The van der Waals surface area contributed by atoms with Crippen molar-refractivity contribution in [1.29, 1.82) is 0 Å². The molecule has 0 aliphatic rings. The molecule has 6 nitrogen and oxygen atoms in total. The quantitative estimate of drug-likeness (QED) is 0.0261. The van der Waals surface area contributed by atoms with E-state index < -0.39 is 6.10 Å². The molecule has 0 N–H and O–H groups in total. The van der Waals surface area contributed by atoms with Gasteiger partial charge in [0.2, 0.25) is 0 Å². The van der Waals surface area contributed by atoms with Crippen molar-refractivity contribution in [2.45, 2.75) is 348 Å². The second kappa shape index (κ2) is 70.6. The monoisotopic (exact) mass is 1150 g/mol. The van der Waals surface area contributed by atoms with Gasteiger partial charge in [0.1, 0.15) is 13.2 Å². The van der Waals surface area contributed by atoms with Gasteiger partial charge in [-0.2, -0.15) is 0 Å². The number of hydrogen-bond acceptors (Lipinski definition) is 6. The van der Waals surface area contributed by atoms with E-state index in [0.29, 0.717) is 19.3 Å². The van der Waals surface area contributed by atoms with E-state index >= 15 is 0 Å². The minimum absolute atomic E-state index is 0.0760. The molecule has 0 aromatic carbocycles. The summed E-state index contributed by atoms with van der Waals surface area (Å²) in [6.07, 6.45) is 96.8. The molecule has 0 aliphatic heterocycles. The minimum atomic E-state index is -0.780. The van der Waals surface area contributed by atoms with Gasteiger partial charge in [0.25, 0.3) is 0 Å². The van der Waals surface area contributed by atoms with Crippen molar-refractivity contribution >= 4 is 17.9 Å². The highest BCUT2D eigenvalue weighted by atomic mass is 16.6. The highest BCUT2D eigenvalue weighted by Crippen LogP contribution is 2.17. The van der Waals surface area contributed by atoms with Crippen molar-refractivity contribution in [2.75, 3.05) is 13.2 Å². The van der Waals surface area contributed by atoms with Crippen LogP contribution in [0.25, 0.3) is 0 Å². The number of carbonyl (C=O) groups is 3. The van der Waals surface area contributed by atoms with Gasteiger partial charge in [0.05, 0.1) is 0 Å². The molecule has 0 fully saturated rings. The summed E-state index contributed by atoms with van der Waals surface area (Å²) in [6, 6.07) is 0. The van der Waals surface area contributed by atoms with Crippen molar-refractivity contribution in [1.82, 2.24) is 0 Å². The molecule has 83 heavy (non-hydrogen) atoms. The van der Waals surface area contributed by atoms with Gasteiger partial charge in [-0.05, 0) is 89.9 Å². The van der Waals surface area contributed by atoms with Gasteiger partial charge in [-0.3, -0.25) is 14.4 Å².